The summed E-state index contributed by atoms with van der Waals surface area (Å²) in [5, 5.41) is 0. The van der Waals surface area contributed by atoms with Gasteiger partial charge in [0.05, 0.1) is 0 Å². The van der Waals surface area contributed by atoms with Crippen LogP contribution in [0.25, 0.3) is 0 Å². The second kappa shape index (κ2) is 17.2. The van der Waals surface area contributed by atoms with Crippen molar-refractivity contribution in [2.75, 3.05) is 13.1 Å². The maximum Gasteiger partial charge on any atom is 0.127 e. The van der Waals surface area contributed by atoms with Gasteiger partial charge in [-0.1, -0.05) is 134 Å². The van der Waals surface area contributed by atoms with Gasteiger partial charge in [-0.15, -0.1) is 0 Å². The van der Waals surface area contributed by atoms with Crippen LogP contribution >= 0.6 is 0 Å². The number of hydrogen-bond acceptors (Lipinski definition) is 2. The minimum atomic E-state index is 0.399. The van der Waals surface area contributed by atoms with Gasteiger partial charge in [0.25, 0.3) is 0 Å². The largest absolute Gasteiger partial charge is 0.352 e. The second-order valence-corrected chi connectivity index (χ2v) is 9.51. The molecule has 0 aromatic heterocycles. The van der Waals surface area contributed by atoms with Gasteiger partial charge in [0.2, 0.25) is 0 Å². The topological polar surface area (TPSA) is 6.48 Å². The SMILES string of the molecule is CCCCCCCCCCCCCCN1C=CN(CCCCCC)C1c1ccccc1. The zero-order chi connectivity index (χ0) is 22.0. The molecule has 31 heavy (non-hydrogen) atoms. The third-order valence-electron chi connectivity index (χ3n) is 6.72. The summed E-state index contributed by atoms with van der Waals surface area (Å²) >= 11 is 0. The van der Waals surface area contributed by atoms with Crippen LogP contribution in [-0.2, 0) is 0 Å². The summed E-state index contributed by atoms with van der Waals surface area (Å²) in [6.45, 7) is 6.94. The van der Waals surface area contributed by atoms with Gasteiger partial charge >= 0.3 is 0 Å². The minimum Gasteiger partial charge on any atom is -0.352 e. The first-order chi connectivity index (χ1) is 15.4. The Bertz CT molecular complexity index is 553. The van der Waals surface area contributed by atoms with Crippen molar-refractivity contribution in [1.29, 1.82) is 0 Å². The highest BCUT2D eigenvalue weighted by Gasteiger charge is 2.26. The molecule has 0 spiro atoms. The van der Waals surface area contributed by atoms with E-state index in [2.05, 4.69) is 66.4 Å². The number of unbranched alkanes of at least 4 members (excludes halogenated alkanes) is 14. The third-order valence-corrected chi connectivity index (χ3v) is 6.72. The molecule has 1 atom stereocenters. The predicted molar refractivity (Wildman–Crippen MR) is 137 cm³/mol. The van der Waals surface area contributed by atoms with Crippen LogP contribution in [0.5, 0.6) is 0 Å². The molecule has 2 rings (SSSR count). The van der Waals surface area contributed by atoms with E-state index >= 15 is 0 Å². The van der Waals surface area contributed by atoms with Gasteiger partial charge in [-0.25, -0.2) is 0 Å². The molecule has 0 fully saturated rings. The summed E-state index contributed by atoms with van der Waals surface area (Å²) in [5.74, 6) is 0. The first-order valence-corrected chi connectivity index (χ1v) is 13.6. The van der Waals surface area contributed by atoms with Crippen molar-refractivity contribution >= 4 is 0 Å². The third kappa shape index (κ3) is 10.6. The van der Waals surface area contributed by atoms with Crippen LogP contribution < -0.4 is 0 Å². The summed E-state index contributed by atoms with van der Waals surface area (Å²) in [7, 11) is 0. The maximum atomic E-state index is 2.57. The smallest absolute Gasteiger partial charge is 0.127 e. The highest BCUT2D eigenvalue weighted by atomic mass is 15.4. The van der Waals surface area contributed by atoms with Crippen LogP contribution in [0.1, 0.15) is 128 Å². The minimum absolute atomic E-state index is 0.399. The van der Waals surface area contributed by atoms with Crippen LogP contribution in [0.3, 0.4) is 0 Å². The molecule has 1 aliphatic heterocycles. The lowest BCUT2D eigenvalue weighted by Crippen LogP contribution is -2.32. The zero-order valence-corrected chi connectivity index (χ0v) is 20.7. The summed E-state index contributed by atoms with van der Waals surface area (Å²) in [5.41, 5.74) is 1.43. The van der Waals surface area contributed by atoms with Gasteiger partial charge in [-0.3, -0.25) is 0 Å². The molecule has 0 aliphatic carbocycles. The Morgan fingerprint density at radius 1 is 0.516 bits per heavy atom. The predicted octanol–water partition coefficient (Wildman–Crippen LogP) is 9.06. The van der Waals surface area contributed by atoms with Gasteiger partial charge in [0.15, 0.2) is 0 Å². The number of benzene rings is 1. The molecule has 0 saturated carbocycles. The molecule has 1 aromatic carbocycles. The monoisotopic (exact) mass is 426 g/mol. The van der Waals surface area contributed by atoms with E-state index in [1.165, 1.54) is 121 Å². The molecule has 0 N–H and O–H groups in total. The molecule has 0 amide bonds. The normalized spacial score (nSPS) is 15.9. The molecule has 1 aromatic rings. The fraction of sp³-hybridized carbons (Fsp3) is 0.724. The van der Waals surface area contributed by atoms with Crippen LogP contribution in [0.2, 0.25) is 0 Å². The molecule has 1 unspecified atom stereocenters. The van der Waals surface area contributed by atoms with Crippen molar-refractivity contribution in [3.05, 3.63) is 48.3 Å². The van der Waals surface area contributed by atoms with E-state index < -0.39 is 0 Å². The van der Waals surface area contributed by atoms with Gasteiger partial charge in [0, 0.05) is 25.5 Å². The van der Waals surface area contributed by atoms with Crippen LogP contribution in [0, 0.1) is 0 Å². The maximum absolute atomic E-state index is 2.57. The fourth-order valence-corrected chi connectivity index (χ4v) is 4.78. The molecule has 0 radical (unpaired) electrons. The van der Waals surface area contributed by atoms with Crippen molar-refractivity contribution in [2.24, 2.45) is 0 Å². The first kappa shape index (κ1) is 25.8. The van der Waals surface area contributed by atoms with Crippen molar-refractivity contribution < 1.29 is 0 Å². The Morgan fingerprint density at radius 2 is 0.903 bits per heavy atom. The van der Waals surface area contributed by atoms with Crippen molar-refractivity contribution in [3.63, 3.8) is 0 Å². The van der Waals surface area contributed by atoms with Crippen molar-refractivity contribution in [2.45, 2.75) is 123 Å². The van der Waals surface area contributed by atoms with Crippen LogP contribution in [0.15, 0.2) is 42.7 Å². The molecule has 1 heterocycles. The van der Waals surface area contributed by atoms with Crippen LogP contribution in [-0.4, -0.2) is 22.9 Å². The van der Waals surface area contributed by atoms with E-state index in [0.717, 1.165) is 0 Å². The lowest BCUT2D eigenvalue weighted by Gasteiger charge is -2.33. The van der Waals surface area contributed by atoms with Gasteiger partial charge in [0.1, 0.15) is 6.17 Å². The Balaban J connectivity index is 1.62. The van der Waals surface area contributed by atoms with E-state index in [-0.39, 0.29) is 0 Å². The summed E-state index contributed by atoms with van der Waals surface area (Å²) < 4.78 is 0. The standard InChI is InChI=1S/C29H50N2/c1-3-5-7-9-10-11-12-13-14-15-16-21-25-31-27-26-30(24-20-8-6-4-2)29(31)28-22-18-17-19-23-28/h17-19,22-23,26-27,29H,3-16,20-21,24-25H2,1-2H3. The molecule has 2 heteroatoms. The lowest BCUT2D eigenvalue weighted by atomic mass is 10.1. The highest BCUT2D eigenvalue weighted by molar-refractivity contribution is 5.21. The van der Waals surface area contributed by atoms with Gasteiger partial charge < -0.3 is 9.80 Å². The molecular weight excluding hydrogens is 376 g/mol. The molecule has 0 saturated heterocycles. The van der Waals surface area contributed by atoms with E-state index in [9.17, 15) is 0 Å². The Kier molecular flexibility index (Phi) is 14.3. The van der Waals surface area contributed by atoms with Gasteiger partial charge in [-0.2, -0.15) is 0 Å². The van der Waals surface area contributed by atoms with E-state index in [4.69, 9.17) is 0 Å². The summed E-state index contributed by atoms with van der Waals surface area (Å²) in [6, 6.07) is 11.1. The fourth-order valence-electron chi connectivity index (χ4n) is 4.78. The van der Waals surface area contributed by atoms with E-state index in [1.807, 2.05) is 0 Å². The van der Waals surface area contributed by atoms with Crippen molar-refractivity contribution in [3.8, 4) is 0 Å². The van der Waals surface area contributed by atoms with E-state index in [1.54, 1.807) is 0 Å². The number of nitrogens with zero attached hydrogens (tertiary/aromatic N) is 2. The molecule has 2 nitrogen and oxygen atoms in total. The molecule has 1 aliphatic rings. The average molecular weight is 427 g/mol. The van der Waals surface area contributed by atoms with Gasteiger partial charge in [-0.05, 0) is 18.4 Å². The Morgan fingerprint density at radius 3 is 1.35 bits per heavy atom. The Hall–Kier alpha value is -1.44. The van der Waals surface area contributed by atoms with E-state index in [0.29, 0.717) is 6.17 Å². The number of rotatable bonds is 19. The summed E-state index contributed by atoms with van der Waals surface area (Å²) in [4.78, 5) is 5.14. The Labute approximate surface area is 194 Å². The summed E-state index contributed by atoms with van der Waals surface area (Å²) in [6.07, 6.45) is 27.4. The average Bonchev–Trinajstić information content (AvgIpc) is 3.20. The number of hydrogen-bond donors (Lipinski definition) is 0. The lowest BCUT2D eigenvalue weighted by molar-refractivity contribution is 0.150. The second-order valence-electron chi connectivity index (χ2n) is 9.51. The highest BCUT2D eigenvalue weighted by Crippen LogP contribution is 2.31. The molecular formula is C29H50N2. The molecule has 0 bridgehead atoms. The van der Waals surface area contributed by atoms with Crippen LogP contribution in [0.4, 0.5) is 0 Å². The quantitative estimate of drug-likeness (QED) is 0.203. The molecule has 176 valence electrons. The first-order valence-electron chi connectivity index (χ1n) is 13.6. The zero-order valence-electron chi connectivity index (χ0n) is 20.7. The van der Waals surface area contributed by atoms with Crippen molar-refractivity contribution in [1.82, 2.24) is 9.80 Å².